The number of aliphatic hydroxyl groups excluding tert-OH is 1. The average Bonchev–Trinajstić information content (AvgIpc) is 3.00. The fraction of sp³-hybridized carbons (Fsp3) is 0.0556. The van der Waals surface area contributed by atoms with Gasteiger partial charge >= 0.3 is 0 Å². The normalized spacial score (nSPS) is 11.1. The van der Waals surface area contributed by atoms with Crippen LogP contribution in [0.25, 0.3) is 28.3 Å². The highest BCUT2D eigenvalue weighted by molar-refractivity contribution is 6.30. The quantitative estimate of drug-likeness (QED) is 0.591. The molecule has 0 unspecified atom stereocenters. The number of aromatic nitrogens is 4. The second-order valence-electron chi connectivity index (χ2n) is 5.54. The van der Waals surface area contributed by atoms with Gasteiger partial charge in [-0.3, -0.25) is 4.40 Å². The number of hydrogen-bond acceptors (Lipinski definition) is 5. The number of rotatable bonds is 3. The van der Waals surface area contributed by atoms with Gasteiger partial charge in [0.2, 0.25) is 5.95 Å². The molecule has 7 heteroatoms. The van der Waals surface area contributed by atoms with Crippen molar-refractivity contribution >= 4 is 23.2 Å². The van der Waals surface area contributed by atoms with E-state index in [0.717, 1.165) is 22.5 Å². The third kappa shape index (κ3) is 2.82. The van der Waals surface area contributed by atoms with Crippen LogP contribution in [0.4, 0.5) is 5.95 Å². The first kappa shape index (κ1) is 15.6. The molecule has 0 amide bonds. The van der Waals surface area contributed by atoms with Crippen molar-refractivity contribution in [3.63, 3.8) is 0 Å². The van der Waals surface area contributed by atoms with Crippen molar-refractivity contribution in [2.24, 2.45) is 0 Å². The summed E-state index contributed by atoms with van der Waals surface area (Å²) < 4.78 is 1.92. The van der Waals surface area contributed by atoms with Crippen LogP contribution in [0.15, 0.2) is 54.9 Å². The molecular formula is C18H14ClN5O. The number of imidazole rings is 1. The maximum atomic E-state index is 9.39. The number of benzene rings is 1. The Bertz CT molecular complexity index is 1060. The number of fused-ring (bicyclic) bond motifs is 1. The molecule has 0 saturated heterocycles. The smallest absolute Gasteiger partial charge is 0.220 e. The predicted octanol–water partition coefficient (Wildman–Crippen LogP) is 3.19. The summed E-state index contributed by atoms with van der Waals surface area (Å²) in [6, 6.07) is 12.9. The van der Waals surface area contributed by atoms with E-state index in [2.05, 4.69) is 9.97 Å². The van der Waals surface area contributed by atoms with Gasteiger partial charge in [-0.1, -0.05) is 23.7 Å². The van der Waals surface area contributed by atoms with Gasteiger partial charge in [-0.05, 0) is 35.9 Å². The first-order valence-corrected chi connectivity index (χ1v) is 8.00. The van der Waals surface area contributed by atoms with Crippen molar-refractivity contribution < 1.29 is 5.11 Å². The topological polar surface area (TPSA) is 89.3 Å². The van der Waals surface area contributed by atoms with E-state index in [1.807, 2.05) is 47.0 Å². The first-order chi connectivity index (χ1) is 12.2. The maximum Gasteiger partial charge on any atom is 0.220 e. The Kier molecular flexibility index (Phi) is 3.83. The van der Waals surface area contributed by atoms with Crippen molar-refractivity contribution in [2.75, 3.05) is 5.73 Å². The molecule has 0 atom stereocenters. The molecule has 1 aromatic carbocycles. The third-order valence-corrected chi connectivity index (χ3v) is 4.16. The molecule has 4 aromatic rings. The molecule has 3 N–H and O–H groups in total. The van der Waals surface area contributed by atoms with Crippen molar-refractivity contribution in [1.82, 2.24) is 19.4 Å². The van der Waals surface area contributed by atoms with Crippen molar-refractivity contribution in [3.05, 3.63) is 65.4 Å². The fourth-order valence-corrected chi connectivity index (χ4v) is 2.87. The lowest BCUT2D eigenvalue weighted by atomic mass is 10.1. The summed E-state index contributed by atoms with van der Waals surface area (Å²) in [5.74, 6) is 0.196. The summed E-state index contributed by atoms with van der Waals surface area (Å²) in [6.07, 6.45) is 3.48. The minimum absolute atomic E-state index is 0.0462. The number of aliphatic hydroxyl groups is 1. The Morgan fingerprint density at radius 3 is 2.60 bits per heavy atom. The van der Waals surface area contributed by atoms with Crippen LogP contribution in [0.3, 0.4) is 0 Å². The lowest BCUT2D eigenvalue weighted by Crippen LogP contribution is -1.98. The number of nitrogen functional groups attached to an aromatic ring is 1. The molecule has 0 bridgehead atoms. The lowest BCUT2D eigenvalue weighted by molar-refractivity contribution is 0.282. The third-order valence-electron chi connectivity index (χ3n) is 3.91. The fourth-order valence-electron chi connectivity index (χ4n) is 2.74. The minimum Gasteiger partial charge on any atom is -0.392 e. The largest absolute Gasteiger partial charge is 0.392 e. The van der Waals surface area contributed by atoms with E-state index >= 15 is 0 Å². The molecule has 6 nitrogen and oxygen atoms in total. The van der Waals surface area contributed by atoms with E-state index in [1.54, 1.807) is 12.3 Å². The number of hydrogen-bond donors (Lipinski definition) is 2. The van der Waals surface area contributed by atoms with Crippen LogP contribution in [0.2, 0.25) is 5.02 Å². The zero-order chi connectivity index (χ0) is 17.4. The molecule has 4 rings (SSSR count). The number of pyridine rings is 1. The molecule has 0 aliphatic rings. The van der Waals surface area contributed by atoms with E-state index in [9.17, 15) is 5.11 Å². The summed E-state index contributed by atoms with van der Waals surface area (Å²) in [5, 5.41) is 10.0. The van der Waals surface area contributed by atoms with Crippen LogP contribution < -0.4 is 5.73 Å². The molecular weight excluding hydrogens is 338 g/mol. The summed E-state index contributed by atoms with van der Waals surface area (Å²) in [7, 11) is 0. The highest BCUT2D eigenvalue weighted by Crippen LogP contribution is 2.32. The molecule has 0 aliphatic heterocycles. The molecule has 0 fully saturated rings. The summed E-state index contributed by atoms with van der Waals surface area (Å²) in [4.78, 5) is 13.0. The predicted molar refractivity (Wildman–Crippen MR) is 97.0 cm³/mol. The van der Waals surface area contributed by atoms with Gasteiger partial charge in [0.1, 0.15) is 5.65 Å². The van der Waals surface area contributed by atoms with Crippen LogP contribution in [0.5, 0.6) is 0 Å². The molecule has 124 valence electrons. The average molecular weight is 352 g/mol. The van der Waals surface area contributed by atoms with Crippen LogP contribution in [-0.4, -0.2) is 24.5 Å². The van der Waals surface area contributed by atoms with Crippen LogP contribution >= 0.6 is 11.6 Å². The maximum absolute atomic E-state index is 9.39. The first-order valence-electron chi connectivity index (χ1n) is 7.62. The van der Waals surface area contributed by atoms with E-state index in [0.29, 0.717) is 16.4 Å². The van der Waals surface area contributed by atoms with Gasteiger partial charge in [-0.2, -0.15) is 0 Å². The van der Waals surface area contributed by atoms with Crippen LogP contribution in [-0.2, 0) is 6.61 Å². The number of halogens is 1. The summed E-state index contributed by atoms with van der Waals surface area (Å²) in [5.41, 5.74) is 10.4. The minimum atomic E-state index is -0.0462. The van der Waals surface area contributed by atoms with Gasteiger partial charge in [0.05, 0.1) is 23.7 Å². The SMILES string of the molecule is Nc1nccc(-c2c(-c3ccc(Cl)cc3)nc3cc(CO)ccn23)n1. The van der Waals surface area contributed by atoms with E-state index < -0.39 is 0 Å². The zero-order valence-electron chi connectivity index (χ0n) is 13.1. The second-order valence-corrected chi connectivity index (χ2v) is 5.97. The second kappa shape index (κ2) is 6.16. The highest BCUT2D eigenvalue weighted by atomic mass is 35.5. The van der Waals surface area contributed by atoms with Crippen LogP contribution in [0, 0.1) is 0 Å². The van der Waals surface area contributed by atoms with Crippen molar-refractivity contribution in [2.45, 2.75) is 6.61 Å². The molecule has 0 aliphatic carbocycles. The van der Waals surface area contributed by atoms with Gasteiger partial charge in [0.25, 0.3) is 0 Å². The van der Waals surface area contributed by atoms with Gasteiger partial charge in [-0.15, -0.1) is 0 Å². The number of anilines is 1. The number of nitrogens with two attached hydrogens (primary N) is 1. The zero-order valence-corrected chi connectivity index (χ0v) is 13.9. The molecule has 3 aromatic heterocycles. The Morgan fingerprint density at radius 1 is 1.08 bits per heavy atom. The molecule has 0 saturated carbocycles. The summed E-state index contributed by atoms with van der Waals surface area (Å²) in [6.45, 7) is -0.0462. The molecule has 0 radical (unpaired) electrons. The van der Waals surface area contributed by atoms with E-state index in [4.69, 9.17) is 22.3 Å². The standard InChI is InChI=1S/C18H14ClN5O/c19-13-3-1-12(2-4-13)16-17(14-5-7-21-18(20)22-14)24-8-6-11(10-25)9-15(24)23-16/h1-9,25H,10H2,(H2,20,21,22). The van der Waals surface area contributed by atoms with Gasteiger partial charge in [0.15, 0.2) is 0 Å². The van der Waals surface area contributed by atoms with E-state index in [1.165, 1.54) is 0 Å². The Balaban J connectivity index is 2.03. The van der Waals surface area contributed by atoms with Crippen molar-refractivity contribution in [1.29, 1.82) is 0 Å². The number of nitrogens with zero attached hydrogens (tertiary/aromatic N) is 4. The van der Waals surface area contributed by atoms with Gasteiger partial charge < -0.3 is 10.8 Å². The van der Waals surface area contributed by atoms with Gasteiger partial charge in [-0.25, -0.2) is 15.0 Å². The highest BCUT2D eigenvalue weighted by Gasteiger charge is 2.17. The van der Waals surface area contributed by atoms with Gasteiger partial charge in [0, 0.05) is 23.0 Å². The Labute approximate surface area is 148 Å². The lowest BCUT2D eigenvalue weighted by Gasteiger charge is -2.06. The molecule has 25 heavy (non-hydrogen) atoms. The summed E-state index contributed by atoms with van der Waals surface area (Å²) >= 11 is 6.00. The monoisotopic (exact) mass is 351 g/mol. The van der Waals surface area contributed by atoms with Crippen molar-refractivity contribution in [3.8, 4) is 22.6 Å². The van der Waals surface area contributed by atoms with E-state index in [-0.39, 0.29) is 12.6 Å². The van der Waals surface area contributed by atoms with Crippen LogP contribution in [0.1, 0.15) is 5.56 Å². The molecule has 3 heterocycles. The Hall–Kier alpha value is -2.96. The Morgan fingerprint density at radius 2 is 1.88 bits per heavy atom. The molecule has 0 spiro atoms.